The number of aryl methyl sites for hydroxylation is 1. The molecule has 1 heterocycles. The molecule has 2 rings (SSSR count). The van der Waals surface area contributed by atoms with Crippen molar-refractivity contribution in [1.82, 2.24) is 0 Å². The number of furan rings is 1. The molecule has 0 saturated carbocycles. The molecule has 1 aromatic heterocycles. The van der Waals surface area contributed by atoms with Gasteiger partial charge < -0.3 is 4.42 Å². The summed E-state index contributed by atoms with van der Waals surface area (Å²) in [5, 5.41) is 2.07. The fourth-order valence-corrected chi connectivity index (χ4v) is 1.33. The minimum atomic E-state index is -0.364. The van der Waals surface area contributed by atoms with E-state index >= 15 is 0 Å². The average molecular weight is 164 g/mol. The first kappa shape index (κ1) is 7.35. The lowest BCUT2D eigenvalue weighted by Gasteiger charge is -1.90. The summed E-state index contributed by atoms with van der Waals surface area (Å²) in [4.78, 5) is 0. The van der Waals surface area contributed by atoms with Crippen LogP contribution in [0.5, 0.6) is 0 Å². The summed E-state index contributed by atoms with van der Waals surface area (Å²) in [6.45, 7) is -0.364. The number of benzene rings is 1. The van der Waals surface area contributed by atoms with Crippen LogP contribution < -0.4 is 0 Å². The van der Waals surface area contributed by atoms with Crippen LogP contribution in [0.1, 0.15) is 5.76 Å². The molecule has 0 unspecified atom stereocenters. The van der Waals surface area contributed by atoms with E-state index in [0.29, 0.717) is 6.42 Å². The molecule has 62 valence electrons. The molecule has 1 aromatic carbocycles. The van der Waals surface area contributed by atoms with Gasteiger partial charge in [-0.25, -0.2) is 0 Å². The third kappa shape index (κ3) is 1.09. The predicted molar refractivity (Wildman–Crippen MR) is 45.9 cm³/mol. The Morgan fingerprint density at radius 3 is 2.92 bits per heavy atom. The fourth-order valence-electron chi connectivity index (χ4n) is 1.33. The van der Waals surface area contributed by atoms with Crippen molar-refractivity contribution in [3.8, 4) is 0 Å². The fraction of sp³-hybridized carbons (Fsp3) is 0.200. The Hall–Kier alpha value is -1.31. The van der Waals surface area contributed by atoms with Gasteiger partial charge in [-0.2, -0.15) is 0 Å². The molecule has 0 amide bonds. The predicted octanol–water partition coefficient (Wildman–Crippen LogP) is 2.94. The van der Waals surface area contributed by atoms with E-state index in [4.69, 9.17) is 4.42 Å². The second kappa shape index (κ2) is 2.97. The molecule has 1 nitrogen and oxygen atoms in total. The van der Waals surface area contributed by atoms with Gasteiger partial charge in [0.25, 0.3) is 0 Å². The number of hydrogen-bond donors (Lipinski definition) is 0. The Balaban J connectivity index is 2.55. The highest BCUT2D eigenvalue weighted by atomic mass is 19.1. The Labute approximate surface area is 69.8 Å². The molecule has 0 fully saturated rings. The van der Waals surface area contributed by atoms with Gasteiger partial charge in [0.05, 0.1) is 12.9 Å². The lowest BCUT2D eigenvalue weighted by atomic mass is 10.1. The lowest BCUT2D eigenvalue weighted by molar-refractivity contribution is 0.443. The van der Waals surface area contributed by atoms with Crippen LogP contribution in [0.4, 0.5) is 4.39 Å². The van der Waals surface area contributed by atoms with Gasteiger partial charge in [-0.05, 0) is 0 Å². The first-order valence-electron chi connectivity index (χ1n) is 3.93. The van der Waals surface area contributed by atoms with E-state index in [2.05, 4.69) is 0 Å². The average Bonchev–Trinajstić information content (AvgIpc) is 2.50. The standard InChI is InChI=1S/C10H9FO/c11-6-5-10-9-4-2-1-3-8(9)7-12-10/h1-4,7H,5-6H2. The Morgan fingerprint density at radius 1 is 1.25 bits per heavy atom. The van der Waals surface area contributed by atoms with Gasteiger partial charge in [0, 0.05) is 17.2 Å². The minimum Gasteiger partial charge on any atom is -0.468 e. The number of halogens is 1. The zero-order valence-electron chi connectivity index (χ0n) is 6.59. The monoisotopic (exact) mass is 164 g/mol. The van der Waals surface area contributed by atoms with Crippen molar-refractivity contribution in [3.05, 3.63) is 36.3 Å². The van der Waals surface area contributed by atoms with Crippen molar-refractivity contribution in [2.45, 2.75) is 6.42 Å². The summed E-state index contributed by atoms with van der Waals surface area (Å²) in [7, 11) is 0. The minimum absolute atomic E-state index is 0.364. The molecule has 0 spiro atoms. The van der Waals surface area contributed by atoms with Crippen LogP contribution in [0.3, 0.4) is 0 Å². The summed E-state index contributed by atoms with van der Waals surface area (Å²) >= 11 is 0. The second-order valence-corrected chi connectivity index (χ2v) is 2.69. The molecule has 0 saturated heterocycles. The number of hydrogen-bond acceptors (Lipinski definition) is 1. The highest BCUT2D eigenvalue weighted by molar-refractivity contribution is 5.83. The van der Waals surface area contributed by atoms with Gasteiger partial charge in [-0.15, -0.1) is 0 Å². The summed E-state index contributed by atoms with van der Waals surface area (Å²) in [5.41, 5.74) is 0. The highest BCUT2D eigenvalue weighted by Crippen LogP contribution is 2.20. The normalized spacial score (nSPS) is 10.8. The van der Waals surface area contributed by atoms with Gasteiger partial charge in [-0.1, -0.05) is 24.3 Å². The Bertz CT molecular complexity index is 378. The molecule has 0 N–H and O–H groups in total. The van der Waals surface area contributed by atoms with Crippen molar-refractivity contribution in [2.24, 2.45) is 0 Å². The largest absolute Gasteiger partial charge is 0.468 e. The van der Waals surface area contributed by atoms with E-state index in [1.165, 1.54) is 0 Å². The van der Waals surface area contributed by atoms with E-state index in [1.54, 1.807) is 6.26 Å². The summed E-state index contributed by atoms with van der Waals surface area (Å²) in [6, 6.07) is 7.78. The molecule has 0 radical (unpaired) electrons. The van der Waals surface area contributed by atoms with E-state index in [-0.39, 0.29) is 6.67 Å². The smallest absolute Gasteiger partial charge is 0.114 e. The van der Waals surface area contributed by atoms with E-state index in [1.807, 2.05) is 24.3 Å². The van der Waals surface area contributed by atoms with E-state index in [0.717, 1.165) is 16.5 Å². The molecule has 0 bridgehead atoms. The Morgan fingerprint density at radius 2 is 2.08 bits per heavy atom. The maximum Gasteiger partial charge on any atom is 0.114 e. The van der Waals surface area contributed by atoms with Crippen molar-refractivity contribution in [2.75, 3.05) is 6.67 Å². The quantitative estimate of drug-likeness (QED) is 0.665. The lowest BCUT2D eigenvalue weighted by Crippen LogP contribution is -1.82. The number of fused-ring (bicyclic) bond motifs is 1. The van der Waals surface area contributed by atoms with Crippen LogP contribution in [0.2, 0.25) is 0 Å². The molecule has 0 aliphatic rings. The number of alkyl halides is 1. The molecule has 2 heteroatoms. The summed E-state index contributed by atoms with van der Waals surface area (Å²) < 4.78 is 17.2. The van der Waals surface area contributed by atoms with Crippen LogP contribution >= 0.6 is 0 Å². The first-order valence-corrected chi connectivity index (χ1v) is 3.93. The highest BCUT2D eigenvalue weighted by Gasteiger charge is 2.03. The zero-order valence-corrected chi connectivity index (χ0v) is 6.59. The van der Waals surface area contributed by atoms with Crippen molar-refractivity contribution in [3.63, 3.8) is 0 Å². The van der Waals surface area contributed by atoms with Crippen molar-refractivity contribution >= 4 is 10.8 Å². The van der Waals surface area contributed by atoms with Gasteiger partial charge in [-0.3, -0.25) is 4.39 Å². The topological polar surface area (TPSA) is 13.1 Å². The van der Waals surface area contributed by atoms with Crippen LogP contribution in [-0.4, -0.2) is 6.67 Å². The second-order valence-electron chi connectivity index (χ2n) is 2.69. The molecule has 0 aliphatic heterocycles. The van der Waals surface area contributed by atoms with Gasteiger partial charge in [0.1, 0.15) is 5.76 Å². The molecule has 2 aromatic rings. The van der Waals surface area contributed by atoms with Crippen LogP contribution in [-0.2, 0) is 6.42 Å². The van der Waals surface area contributed by atoms with Gasteiger partial charge >= 0.3 is 0 Å². The maximum absolute atomic E-state index is 12.0. The van der Waals surface area contributed by atoms with Crippen LogP contribution in [0.15, 0.2) is 34.9 Å². The van der Waals surface area contributed by atoms with E-state index in [9.17, 15) is 4.39 Å². The first-order chi connectivity index (χ1) is 5.92. The molecule has 0 atom stereocenters. The maximum atomic E-state index is 12.0. The van der Waals surface area contributed by atoms with Crippen LogP contribution in [0.25, 0.3) is 10.8 Å². The molecule has 12 heavy (non-hydrogen) atoms. The zero-order chi connectivity index (χ0) is 8.39. The third-order valence-corrected chi connectivity index (χ3v) is 1.91. The Kier molecular flexibility index (Phi) is 1.82. The van der Waals surface area contributed by atoms with Crippen molar-refractivity contribution in [1.29, 1.82) is 0 Å². The van der Waals surface area contributed by atoms with E-state index < -0.39 is 0 Å². The van der Waals surface area contributed by atoms with Gasteiger partial charge in [0.15, 0.2) is 0 Å². The SMILES string of the molecule is FCCc1occ2ccccc12. The molecule has 0 aliphatic carbocycles. The molecular formula is C10H9FO. The third-order valence-electron chi connectivity index (χ3n) is 1.91. The van der Waals surface area contributed by atoms with Gasteiger partial charge in [0.2, 0.25) is 0 Å². The van der Waals surface area contributed by atoms with Crippen LogP contribution in [0, 0.1) is 0 Å². The molecular weight excluding hydrogens is 155 g/mol. The summed E-state index contributed by atoms with van der Waals surface area (Å²) in [5.74, 6) is 0.744. The van der Waals surface area contributed by atoms with Crippen molar-refractivity contribution < 1.29 is 8.81 Å². The number of rotatable bonds is 2. The summed E-state index contributed by atoms with van der Waals surface area (Å²) in [6.07, 6.45) is 2.04.